The molecule has 17 heavy (non-hydrogen) atoms. The Hall–Kier alpha value is -1.96. The predicted molar refractivity (Wildman–Crippen MR) is 56.4 cm³/mol. The van der Waals surface area contributed by atoms with Gasteiger partial charge in [0.05, 0.1) is 6.54 Å². The molecule has 0 aliphatic carbocycles. The summed E-state index contributed by atoms with van der Waals surface area (Å²) in [6, 6.07) is 0. The number of carboxylic acid groups (broad SMARTS) is 1. The van der Waals surface area contributed by atoms with Crippen molar-refractivity contribution in [2.45, 2.75) is 25.9 Å². The van der Waals surface area contributed by atoms with E-state index in [-0.39, 0.29) is 12.4 Å². The minimum atomic E-state index is -1.63. The summed E-state index contributed by atoms with van der Waals surface area (Å²) in [5, 5.41) is 25.8. The molecule has 8 heteroatoms. The molecule has 1 aromatic heterocycles. The number of aliphatic hydroxyl groups excluding tert-OH is 1. The van der Waals surface area contributed by atoms with Crippen LogP contribution < -0.4 is 5.32 Å². The van der Waals surface area contributed by atoms with Crippen molar-refractivity contribution >= 4 is 11.9 Å². The summed E-state index contributed by atoms with van der Waals surface area (Å²) < 4.78 is 0. The number of hydrogen-bond donors (Lipinski definition) is 4. The van der Waals surface area contributed by atoms with Gasteiger partial charge in [0, 0.05) is 6.42 Å². The first-order chi connectivity index (χ1) is 8.04. The third-order valence-electron chi connectivity index (χ3n) is 1.96. The molecule has 94 valence electrons. The van der Waals surface area contributed by atoms with Crippen molar-refractivity contribution < 1.29 is 19.8 Å². The van der Waals surface area contributed by atoms with Gasteiger partial charge in [0.2, 0.25) is 5.82 Å². The van der Waals surface area contributed by atoms with Gasteiger partial charge >= 0.3 is 5.97 Å². The number of H-pyrrole nitrogens is 1. The van der Waals surface area contributed by atoms with Gasteiger partial charge < -0.3 is 15.5 Å². The van der Waals surface area contributed by atoms with E-state index in [0.29, 0.717) is 12.2 Å². The molecule has 0 saturated heterocycles. The summed E-state index contributed by atoms with van der Waals surface area (Å²) in [5.41, 5.74) is 0. The van der Waals surface area contributed by atoms with Crippen molar-refractivity contribution in [2.75, 3.05) is 6.54 Å². The summed E-state index contributed by atoms with van der Waals surface area (Å²) in [5.74, 6) is -1.49. The van der Waals surface area contributed by atoms with Gasteiger partial charge in [-0.2, -0.15) is 0 Å². The number of rotatable bonds is 6. The molecule has 4 N–H and O–H groups in total. The highest BCUT2D eigenvalue weighted by atomic mass is 16.4. The van der Waals surface area contributed by atoms with Gasteiger partial charge in [-0.3, -0.25) is 9.89 Å². The molecular formula is C9H14N4O4. The van der Waals surface area contributed by atoms with Crippen LogP contribution >= 0.6 is 0 Å². The third kappa shape index (κ3) is 3.83. The molecule has 0 spiro atoms. The predicted octanol–water partition coefficient (Wildman–Crippen LogP) is -1.07. The van der Waals surface area contributed by atoms with E-state index in [9.17, 15) is 9.59 Å². The minimum absolute atomic E-state index is 0.0639. The molecule has 0 bridgehead atoms. The molecule has 0 unspecified atom stereocenters. The summed E-state index contributed by atoms with van der Waals surface area (Å²) >= 11 is 0. The number of nitrogens with one attached hydrogen (secondary N) is 2. The number of aryl methyl sites for hydroxylation is 1. The van der Waals surface area contributed by atoms with Gasteiger partial charge in [0.1, 0.15) is 5.82 Å². The number of carbonyl (C=O) groups excluding carboxylic acids is 1. The number of aromatic nitrogens is 3. The number of hydrogen-bond acceptors (Lipinski definition) is 5. The van der Waals surface area contributed by atoms with Crippen LogP contribution in [0.4, 0.5) is 0 Å². The molecule has 1 heterocycles. The molecule has 1 aromatic rings. The fourth-order valence-corrected chi connectivity index (χ4v) is 1.10. The largest absolute Gasteiger partial charge is 0.479 e. The first kappa shape index (κ1) is 13.1. The fraction of sp³-hybridized carbons (Fsp3) is 0.556. The van der Waals surface area contributed by atoms with E-state index in [4.69, 9.17) is 10.2 Å². The average molecular weight is 242 g/mol. The van der Waals surface area contributed by atoms with Crippen molar-refractivity contribution in [1.82, 2.24) is 20.5 Å². The molecular weight excluding hydrogens is 228 g/mol. The van der Waals surface area contributed by atoms with Gasteiger partial charge in [-0.05, 0) is 6.42 Å². The molecule has 1 atom stereocenters. The molecule has 0 radical (unpaired) electrons. The van der Waals surface area contributed by atoms with E-state index in [1.807, 2.05) is 6.92 Å². The zero-order chi connectivity index (χ0) is 12.8. The molecule has 0 aromatic carbocycles. The lowest BCUT2D eigenvalue weighted by Crippen LogP contribution is -2.36. The monoisotopic (exact) mass is 242 g/mol. The zero-order valence-electron chi connectivity index (χ0n) is 9.30. The average Bonchev–Trinajstić information content (AvgIpc) is 2.74. The lowest BCUT2D eigenvalue weighted by molar-refractivity contribution is -0.146. The number of carboxylic acids is 1. The van der Waals surface area contributed by atoms with Gasteiger partial charge in [0.15, 0.2) is 6.10 Å². The smallest absolute Gasteiger partial charge is 0.334 e. The summed E-state index contributed by atoms with van der Waals surface area (Å²) in [4.78, 5) is 25.6. The van der Waals surface area contributed by atoms with Crippen LogP contribution in [-0.2, 0) is 11.2 Å². The maximum atomic E-state index is 11.4. The number of nitrogens with zero attached hydrogens (tertiary/aromatic N) is 2. The van der Waals surface area contributed by atoms with Crippen molar-refractivity contribution in [3.8, 4) is 0 Å². The van der Waals surface area contributed by atoms with E-state index in [2.05, 4.69) is 20.5 Å². The van der Waals surface area contributed by atoms with Crippen LogP contribution in [-0.4, -0.2) is 49.9 Å². The first-order valence-electron chi connectivity index (χ1n) is 5.15. The highest BCUT2D eigenvalue weighted by molar-refractivity contribution is 5.90. The van der Waals surface area contributed by atoms with Gasteiger partial charge in [-0.25, -0.2) is 9.78 Å². The zero-order valence-corrected chi connectivity index (χ0v) is 9.30. The Bertz CT molecular complexity index is 403. The maximum Gasteiger partial charge on any atom is 0.334 e. The van der Waals surface area contributed by atoms with Gasteiger partial charge in [-0.1, -0.05) is 6.92 Å². The molecule has 0 aliphatic rings. The van der Waals surface area contributed by atoms with E-state index >= 15 is 0 Å². The molecule has 0 fully saturated rings. The van der Waals surface area contributed by atoms with Crippen LogP contribution in [0.2, 0.25) is 0 Å². The van der Waals surface area contributed by atoms with Crippen LogP contribution in [0.5, 0.6) is 0 Å². The summed E-state index contributed by atoms with van der Waals surface area (Å²) in [6.45, 7) is 1.58. The first-order valence-corrected chi connectivity index (χ1v) is 5.15. The number of aromatic amines is 1. The number of aliphatic hydroxyl groups is 1. The van der Waals surface area contributed by atoms with Crippen molar-refractivity contribution in [3.05, 3.63) is 11.6 Å². The van der Waals surface area contributed by atoms with Crippen molar-refractivity contribution in [1.29, 1.82) is 0 Å². The molecule has 0 saturated carbocycles. The second kappa shape index (κ2) is 5.94. The van der Waals surface area contributed by atoms with Crippen LogP contribution in [0.25, 0.3) is 0 Å². The van der Waals surface area contributed by atoms with E-state index in [0.717, 1.165) is 6.42 Å². The van der Waals surface area contributed by atoms with Gasteiger partial charge in [0.25, 0.3) is 5.91 Å². The second-order valence-electron chi connectivity index (χ2n) is 3.42. The Morgan fingerprint density at radius 2 is 2.24 bits per heavy atom. The Labute approximate surface area is 97.1 Å². The van der Waals surface area contributed by atoms with Crippen LogP contribution in [0.15, 0.2) is 0 Å². The number of amides is 1. The quantitative estimate of drug-likeness (QED) is 0.503. The Morgan fingerprint density at radius 1 is 1.53 bits per heavy atom. The van der Waals surface area contributed by atoms with Crippen LogP contribution in [0.3, 0.4) is 0 Å². The fourth-order valence-electron chi connectivity index (χ4n) is 1.10. The number of aliphatic carboxylic acids is 1. The van der Waals surface area contributed by atoms with E-state index < -0.39 is 18.0 Å². The maximum absolute atomic E-state index is 11.4. The van der Waals surface area contributed by atoms with E-state index in [1.165, 1.54) is 0 Å². The SMILES string of the molecule is CCCc1nc(C(=O)NC[C@H](O)C(=O)O)n[nH]1. The van der Waals surface area contributed by atoms with Crippen LogP contribution in [0.1, 0.15) is 29.8 Å². The molecule has 8 nitrogen and oxygen atoms in total. The molecule has 1 rings (SSSR count). The normalized spacial score (nSPS) is 12.1. The highest BCUT2D eigenvalue weighted by Crippen LogP contribution is 1.96. The molecule has 0 aliphatic heterocycles. The lowest BCUT2D eigenvalue weighted by Gasteiger charge is -2.05. The number of carbonyl (C=O) groups is 2. The Balaban J connectivity index is 2.49. The minimum Gasteiger partial charge on any atom is -0.479 e. The Morgan fingerprint density at radius 3 is 2.82 bits per heavy atom. The molecule has 1 amide bonds. The second-order valence-corrected chi connectivity index (χ2v) is 3.42. The topological polar surface area (TPSA) is 128 Å². The highest BCUT2D eigenvalue weighted by Gasteiger charge is 2.17. The summed E-state index contributed by atoms with van der Waals surface area (Å²) in [7, 11) is 0. The van der Waals surface area contributed by atoms with Crippen molar-refractivity contribution in [2.24, 2.45) is 0 Å². The van der Waals surface area contributed by atoms with Crippen LogP contribution in [0, 0.1) is 0 Å². The Kier molecular flexibility index (Phi) is 4.58. The van der Waals surface area contributed by atoms with E-state index in [1.54, 1.807) is 0 Å². The standard InChI is InChI=1S/C9H14N4O4/c1-2-3-6-11-7(13-12-6)8(15)10-4-5(14)9(16)17/h5,14H,2-4H2,1H3,(H,10,15)(H,16,17)(H,11,12,13)/t5-/m0/s1. The summed E-state index contributed by atoms with van der Waals surface area (Å²) in [6.07, 6.45) is -0.0838. The third-order valence-corrected chi connectivity index (χ3v) is 1.96. The van der Waals surface area contributed by atoms with Gasteiger partial charge in [-0.15, -0.1) is 5.10 Å². The lowest BCUT2D eigenvalue weighted by atomic mass is 10.3. The van der Waals surface area contributed by atoms with Crippen molar-refractivity contribution in [3.63, 3.8) is 0 Å².